The first-order valence-electron chi connectivity index (χ1n) is 10.2. The summed E-state index contributed by atoms with van der Waals surface area (Å²) in [6, 6.07) is 6.53. The number of carbonyl (C=O) groups excluding carboxylic acids is 1. The molecule has 1 heterocycles. The van der Waals surface area contributed by atoms with E-state index in [-0.39, 0.29) is 23.3 Å². The molecule has 0 saturated carbocycles. The van der Waals surface area contributed by atoms with Crippen LogP contribution in [0.3, 0.4) is 0 Å². The Hall–Kier alpha value is -2.43. The number of benzene rings is 2. The first-order valence-corrected chi connectivity index (χ1v) is 10.2. The van der Waals surface area contributed by atoms with Crippen LogP contribution in [0.4, 0.5) is 20.2 Å². The van der Waals surface area contributed by atoms with Gasteiger partial charge in [0.25, 0.3) is 0 Å². The minimum absolute atomic E-state index is 0.00899. The lowest BCUT2D eigenvalue weighted by Crippen LogP contribution is -2.28. The first-order chi connectivity index (χ1) is 13.5. The third kappa shape index (κ3) is 3.63. The van der Waals surface area contributed by atoms with E-state index >= 15 is 0 Å². The number of aryl methyl sites for hydroxylation is 2. The highest BCUT2D eigenvalue weighted by atomic mass is 19.1. The Morgan fingerprint density at radius 3 is 2.41 bits per heavy atom. The lowest BCUT2D eigenvalue weighted by Gasteiger charge is -2.32. The molecule has 29 heavy (non-hydrogen) atoms. The van der Waals surface area contributed by atoms with Crippen molar-refractivity contribution >= 4 is 17.3 Å². The number of hydrogen-bond acceptors (Lipinski definition) is 2. The van der Waals surface area contributed by atoms with Crippen molar-refractivity contribution in [2.45, 2.75) is 59.4 Å². The summed E-state index contributed by atoms with van der Waals surface area (Å²) in [6.07, 6.45) is 1.27. The molecule has 2 aromatic rings. The summed E-state index contributed by atoms with van der Waals surface area (Å²) in [5.74, 6) is -0.777. The van der Waals surface area contributed by atoms with Crippen LogP contribution in [0.2, 0.25) is 0 Å². The Labute approximate surface area is 171 Å². The molecule has 2 atom stereocenters. The van der Waals surface area contributed by atoms with E-state index in [1.54, 1.807) is 0 Å². The molecule has 1 aliphatic heterocycles. The summed E-state index contributed by atoms with van der Waals surface area (Å²) in [6.45, 7) is 10.9. The van der Waals surface area contributed by atoms with Crippen LogP contribution in [-0.4, -0.2) is 12.5 Å². The van der Waals surface area contributed by atoms with Crippen LogP contribution in [-0.2, 0) is 4.79 Å². The van der Waals surface area contributed by atoms with Crippen molar-refractivity contribution in [1.29, 1.82) is 0 Å². The molecule has 2 bridgehead atoms. The lowest BCUT2D eigenvalue weighted by molar-refractivity contribution is -0.117. The molecule has 1 amide bonds. The van der Waals surface area contributed by atoms with Crippen molar-refractivity contribution in [1.82, 2.24) is 0 Å². The summed E-state index contributed by atoms with van der Waals surface area (Å²) >= 11 is 0. The van der Waals surface area contributed by atoms with Gasteiger partial charge in [-0.3, -0.25) is 4.79 Å². The van der Waals surface area contributed by atoms with Crippen molar-refractivity contribution in [3.63, 3.8) is 0 Å². The Morgan fingerprint density at radius 2 is 1.79 bits per heavy atom. The highest BCUT2D eigenvalue weighted by Crippen LogP contribution is 2.53. The SMILES string of the molecule is Cc1cc(N2C[C@@H]3C[C@H]2c2c(F)cc(F)cc23)cc(C)c1NC(=O)CC(C)(C)C. The fraction of sp³-hybridized carbons (Fsp3) is 0.458. The molecule has 5 heteroatoms. The summed E-state index contributed by atoms with van der Waals surface area (Å²) in [7, 11) is 0. The van der Waals surface area contributed by atoms with Gasteiger partial charge in [-0.1, -0.05) is 20.8 Å². The van der Waals surface area contributed by atoms with Gasteiger partial charge in [0, 0.05) is 41.9 Å². The Balaban J connectivity index is 1.61. The van der Waals surface area contributed by atoms with Crippen LogP contribution in [0.15, 0.2) is 24.3 Å². The molecular weight excluding hydrogens is 370 g/mol. The number of anilines is 2. The number of hydrogen-bond donors (Lipinski definition) is 1. The van der Waals surface area contributed by atoms with E-state index in [0.717, 1.165) is 47.1 Å². The van der Waals surface area contributed by atoms with Gasteiger partial charge in [0.05, 0.1) is 6.04 Å². The first kappa shape index (κ1) is 19.9. The average molecular weight is 398 g/mol. The van der Waals surface area contributed by atoms with Crippen LogP contribution in [0.5, 0.6) is 0 Å². The van der Waals surface area contributed by atoms with Gasteiger partial charge in [0.2, 0.25) is 5.91 Å². The third-order valence-corrected chi connectivity index (χ3v) is 6.00. The number of rotatable bonds is 3. The number of carbonyl (C=O) groups is 1. The number of nitrogens with one attached hydrogen (secondary N) is 1. The van der Waals surface area contributed by atoms with E-state index < -0.39 is 11.6 Å². The Bertz CT molecular complexity index is 970. The van der Waals surface area contributed by atoms with Gasteiger partial charge >= 0.3 is 0 Å². The molecule has 1 aliphatic carbocycles. The second-order valence-corrected chi connectivity index (χ2v) is 9.73. The fourth-order valence-electron chi connectivity index (χ4n) is 4.88. The maximum Gasteiger partial charge on any atom is 0.224 e. The predicted octanol–water partition coefficient (Wildman–Crippen LogP) is 6.00. The van der Waals surface area contributed by atoms with Gasteiger partial charge < -0.3 is 10.2 Å². The summed E-state index contributed by atoms with van der Waals surface area (Å²) in [5.41, 5.74) is 5.24. The molecule has 4 rings (SSSR count). The number of amides is 1. The van der Waals surface area contributed by atoms with Crippen LogP contribution < -0.4 is 10.2 Å². The minimum atomic E-state index is -0.498. The van der Waals surface area contributed by atoms with Gasteiger partial charge in [0.1, 0.15) is 11.6 Å². The zero-order valence-corrected chi connectivity index (χ0v) is 17.7. The maximum absolute atomic E-state index is 14.5. The molecule has 0 unspecified atom stereocenters. The van der Waals surface area contributed by atoms with E-state index in [4.69, 9.17) is 0 Å². The standard InChI is InChI=1S/C24H28F2N2O/c1-13-6-17(7-14(2)23(13)27-21(29)11-24(3,4)5)28-12-15-8-20(28)22-18(15)9-16(25)10-19(22)26/h6-7,9-10,15,20H,8,11-12H2,1-5H3,(H,27,29)/t15-,20-/m0/s1. The van der Waals surface area contributed by atoms with Crippen molar-refractivity contribution in [2.24, 2.45) is 5.41 Å². The van der Waals surface area contributed by atoms with E-state index in [2.05, 4.69) is 22.3 Å². The molecule has 0 aromatic heterocycles. The molecule has 0 radical (unpaired) electrons. The van der Waals surface area contributed by atoms with E-state index in [1.807, 2.05) is 34.6 Å². The van der Waals surface area contributed by atoms with Crippen LogP contribution >= 0.6 is 0 Å². The van der Waals surface area contributed by atoms with E-state index in [9.17, 15) is 13.6 Å². The molecule has 154 valence electrons. The summed E-state index contributed by atoms with van der Waals surface area (Å²) in [4.78, 5) is 14.6. The second-order valence-electron chi connectivity index (χ2n) is 9.73. The van der Waals surface area contributed by atoms with Crippen LogP contribution in [0.1, 0.15) is 67.8 Å². The number of nitrogens with zero attached hydrogens (tertiary/aromatic N) is 1. The highest BCUT2D eigenvalue weighted by Gasteiger charge is 2.44. The van der Waals surface area contributed by atoms with Crippen molar-refractivity contribution in [3.8, 4) is 0 Å². The van der Waals surface area contributed by atoms with Gasteiger partial charge in [0.15, 0.2) is 0 Å². The Kier molecular flexibility index (Phi) is 4.67. The molecule has 1 N–H and O–H groups in total. The quantitative estimate of drug-likeness (QED) is 0.687. The van der Waals surface area contributed by atoms with E-state index in [1.165, 1.54) is 6.07 Å². The number of halogens is 2. The normalized spacial score (nSPS) is 20.2. The smallest absolute Gasteiger partial charge is 0.224 e. The zero-order chi connectivity index (χ0) is 21.1. The lowest BCUT2D eigenvalue weighted by atomic mass is 9.92. The Morgan fingerprint density at radius 1 is 1.14 bits per heavy atom. The molecule has 1 saturated heterocycles. The van der Waals surface area contributed by atoms with E-state index in [0.29, 0.717) is 12.0 Å². The molecule has 2 aliphatic rings. The van der Waals surface area contributed by atoms with Crippen molar-refractivity contribution < 1.29 is 13.6 Å². The maximum atomic E-state index is 14.5. The second kappa shape index (κ2) is 6.82. The minimum Gasteiger partial charge on any atom is -0.364 e. The van der Waals surface area contributed by atoms with Crippen molar-refractivity contribution in [3.05, 3.63) is 58.2 Å². The van der Waals surface area contributed by atoms with Gasteiger partial charge in [-0.25, -0.2) is 8.78 Å². The summed E-state index contributed by atoms with van der Waals surface area (Å²) in [5, 5.41) is 3.06. The molecule has 2 aromatic carbocycles. The monoisotopic (exact) mass is 398 g/mol. The third-order valence-electron chi connectivity index (χ3n) is 6.00. The number of fused-ring (bicyclic) bond motifs is 5. The molecule has 0 spiro atoms. The average Bonchev–Trinajstić information content (AvgIpc) is 3.15. The predicted molar refractivity (Wildman–Crippen MR) is 112 cm³/mol. The van der Waals surface area contributed by atoms with Gasteiger partial charge in [-0.15, -0.1) is 0 Å². The largest absolute Gasteiger partial charge is 0.364 e. The van der Waals surface area contributed by atoms with Crippen LogP contribution in [0, 0.1) is 30.9 Å². The van der Waals surface area contributed by atoms with Crippen LogP contribution in [0.25, 0.3) is 0 Å². The fourth-order valence-corrected chi connectivity index (χ4v) is 4.88. The topological polar surface area (TPSA) is 32.3 Å². The van der Waals surface area contributed by atoms with Gasteiger partial charge in [-0.05, 0) is 60.6 Å². The molecule has 3 nitrogen and oxygen atoms in total. The van der Waals surface area contributed by atoms with Gasteiger partial charge in [-0.2, -0.15) is 0 Å². The molecule has 1 fully saturated rings. The molecular formula is C24H28F2N2O. The summed E-state index contributed by atoms with van der Waals surface area (Å²) < 4.78 is 28.1. The zero-order valence-electron chi connectivity index (χ0n) is 17.7. The van der Waals surface area contributed by atoms with Crippen molar-refractivity contribution in [2.75, 3.05) is 16.8 Å². The highest BCUT2D eigenvalue weighted by molar-refractivity contribution is 5.93.